The first-order chi connectivity index (χ1) is 6.31. The molecule has 0 aromatic carbocycles. The van der Waals surface area contributed by atoms with Gasteiger partial charge in [0, 0.05) is 0 Å². The molecule has 0 atom stereocenters. The van der Waals surface area contributed by atoms with Crippen LogP contribution in [-0.2, 0) is 6.42 Å². The second-order valence-corrected chi connectivity index (χ2v) is 4.08. The lowest BCUT2D eigenvalue weighted by Gasteiger charge is -1.99. The Balaban J connectivity index is 2.63. The van der Waals surface area contributed by atoms with Crippen LogP contribution >= 0.6 is 22.9 Å². The van der Waals surface area contributed by atoms with Gasteiger partial charge in [0.15, 0.2) is 0 Å². The molecule has 0 unspecified atom stereocenters. The molecule has 0 spiro atoms. The van der Waals surface area contributed by atoms with E-state index in [9.17, 15) is 0 Å². The van der Waals surface area contributed by atoms with Crippen LogP contribution in [-0.4, -0.2) is 9.97 Å². The van der Waals surface area contributed by atoms with Crippen LogP contribution in [0.15, 0.2) is 11.4 Å². The van der Waals surface area contributed by atoms with Crippen molar-refractivity contribution in [3.63, 3.8) is 0 Å². The molecule has 0 fully saturated rings. The molecule has 0 saturated carbocycles. The van der Waals surface area contributed by atoms with Crippen molar-refractivity contribution in [3.8, 4) is 0 Å². The number of fused-ring (bicyclic) bond motifs is 1. The fraction of sp³-hybridized carbons (Fsp3) is 0.333. The van der Waals surface area contributed by atoms with Crippen LogP contribution in [0.3, 0.4) is 0 Å². The van der Waals surface area contributed by atoms with E-state index in [1.807, 2.05) is 11.4 Å². The fourth-order valence-corrected chi connectivity index (χ4v) is 2.34. The lowest BCUT2D eigenvalue weighted by molar-refractivity contribution is 0.889. The van der Waals surface area contributed by atoms with Gasteiger partial charge in [0.2, 0.25) is 5.28 Å². The van der Waals surface area contributed by atoms with Crippen molar-refractivity contribution < 1.29 is 0 Å². The fourth-order valence-electron chi connectivity index (χ4n) is 1.30. The Hall–Kier alpha value is -0.670. The van der Waals surface area contributed by atoms with Crippen LogP contribution < -0.4 is 0 Å². The van der Waals surface area contributed by atoms with E-state index in [0.717, 1.165) is 24.1 Å². The van der Waals surface area contributed by atoms with Gasteiger partial charge >= 0.3 is 0 Å². The molecule has 0 aliphatic rings. The van der Waals surface area contributed by atoms with Gasteiger partial charge in [-0.1, -0.05) is 13.3 Å². The highest BCUT2D eigenvalue weighted by Crippen LogP contribution is 2.24. The van der Waals surface area contributed by atoms with Crippen molar-refractivity contribution >= 4 is 33.2 Å². The Bertz CT molecular complexity index is 424. The number of hydrogen-bond donors (Lipinski definition) is 0. The molecule has 2 heterocycles. The zero-order valence-corrected chi connectivity index (χ0v) is 8.82. The second-order valence-electron chi connectivity index (χ2n) is 2.82. The van der Waals surface area contributed by atoms with Crippen LogP contribution in [0.2, 0.25) is 5.28 Å². The molecule has 2 aromatic heterocycles. The number of hydrogen-bond acceptors (Lipinski definition) is 3. The molecule has 2 nitrogen and oxygen atoms in total. The number of thiophene rings is 1. The van der Waals surface area contributed by atoms with Crippen LogP contribution in [0, 0.1) is 0 Å². The quantitative estimate of drug-likeness (QED) is 0.714. The Kier molecular flexibility index (Phi) is 2.47. The zero-order valence-electron chi connectivity index (χ0n) is 7.25. The van der Waals surface area contributed by atoms with Gasteiger partial charge in [-0.3, -0.25) is 0 Å². The molecule has 0 aliphatic heterocycles. The third kappa shape index (κ3) is 1.67. The number of aryl methyl sites for hydroxylation is 1. The Labute approximate surface area is 85.6 Å². The smallest absolute Gasteiger partial charge is 0.222 e. The molecule has 0 saturated heterocycles. The van der Waals surface area contributed by atoms with E-state index in [1.54, 1.807) is 11.3 Å². The van der Waals surface area contributed by atoms with Crippen molar-refractivity contribution in [2.45, 2.75) is 19.8 Å². The van der Waals surface area contributed by atoms with Gasteiger partial charge in [-0.2, -0.15) is 0 Å². The number of rotatable bonds is 2. The molecule has 0 radical (unpaired) electrons. The van der Waals surface area contributed by atoms with E-state index >= 15 is 0 Å². The predicted molar refractivity (Wildman–Crippen MR) is 56.4 cm³/mol. The maximum atomic E-state index is 5.80. The third-order valence-electron chi connectivity index (χ3n) is 1.83. The van der Waals surface area contributed by atoms with Gasteiger partial charge < -0.3 is 0 Å². The molecule has 4 heteroatoms. The topological polar surface area (TPSA) is 25.8 Å². The van der Waals surface area contributed by atoms with Crippen LogP contribution in [0.4, 0.5) is 0 Å². The lowest BCUT2D eigenvalue weighted by Crippen LogP contribution is -1.92. The average molecular weight is 213 g/mol. The van der Waals surface area contributed by atoms with Crippen molar-refractivity contribution in [2.24, 2.45) is 0 Å². The molecule has 2 aromatic rings. The van der Waals surface area contributed by atoms with E-state index in [1.165, 1.54) is 4.70 Å². The molecule has 0 aliphatic carbocycles. The van der Waals surface area contributed by atoms with Gasteiger partial charge in [0.05, 0.1) is 15.9 Å². The summed E-state index contributed by atoms with van der Waals surface area (Å²) < 4.78 is 1.17. The summed E-state index contributed by atoms with van der Waals surface area (Å²) in [5, 5.41) is 2.38. The normalized spacial score (nSPS) is 10.9. The first-order valence-electron chi connectivity index (χ1n) is 4.21. The lowest BCUT2D eigenvalue weighted by atomic mass is 10.2. The molecule has 0 bridgehead atoms. The summed E-state index contributed by atoms with van der Waals surface area (Å²) in [6.07, 6.45) is 2.06. The highest BCUT2D eigenvalue weighted by Gasteiger charge is 2.06. The minimum atomic E-state index is 0.356. The van der Waals surface area contributed by atoms with E-state index in [4.69, 9.17) is 11.6 Å². The maximum Gasteiger partial charge on any atom is 0.223 e. The Morgan fingerprint density at radius 3 is 3.08 bits per heavy atom. The van der Waals surface area contributed by atoms with Crippen molar-refractivity contribution in [1.82, 2.24) is 9.97 Å². The van der Waals surface area contributed by atoms with E-state index in [0.29, 0.717) is 5.28 Å². The van der Waals surface area contributed by atoms with E-state index < -0.39 is 0 Å². The standard InChI is InChI=1S/C9H9ClN2S/c1-2-3-6-8-7(4-5-13-8)12-9(10)11-6/h4-5H,2-3H2,1H3. The van der Waals surface area contributed by atoms with Gasteiger partial charge in [-0.15, -0.1) is 11.3 Å². The summed E-state index contributed by atoms with van der Waals surface area (Å²) in [6.45, 7) is 2.13. The highest BCUT2D eigenvalue weighted by molar-refractivity contribution is 7.17. The van der Waals surface area contributed by atoms with Gasteiger partial charge in [0.1, 0.15) is 0 Å². The molecule has 0 amide bonds. The summed E-state index contributed by atoms with van der Waals surface area (Å²) in [7, 11) is 0. The summed E-state index contributed by atoms with van der Waals surface area (Å²) in [6, 6.07) is 1.98. The molecular weight excluding hydrogens is 204 g/mol. The molecule has 68 valence electrons. The van der Waals surface area contributed by atoms with E-state index in [2.05, 4.69) is 16.9 Å². The predicted octanol–water partition coefficient (Wildman–Crippen LogP) is 3.30. The van der Waals surface area contributed by atoms with Gasteiger partial charge in [-0.05, 0) is 29.5 Å². The summed E-state index contributed by atoms with van der Waals surface area (Å²) >= 11 is 7.48. The van der Waals surface area contributed by atoms with Gasteiger partial charge in [-0.25, -0.2) is 9.97 Å². The van der Waals surface area contributed by atoms with Crippen LogP contribution in [0.5, 0.6) is 0 Å². The second kappa shape index (κ2) is 3.60. The number of nitrogens with zero attached hydrogens (tertiary/aromatic N) is 2. The first kappa shape index (κ1) is 8.91. The van der Waals surface area contributed by atoms with Gasteiger partial charge in [0.25, 0.3) is 0 Å². The van der Waals surface area contributed by atoms with Crippen molar-refractivity contribution in [2.75, 3.05) is 0 Å². The molecule has 2 rings (SSSR count). The minimum Gasteiger partial charge on any atom is -0.222 e. The van der Waals surface area contributed by atoms with Crippen molar-refractivity contribution in [3.05, 3.63) is 22.4 Å². The Morgan fingerprint density at radius 2 is 2.31 bits per heavy atom. The van der Waals surface area contributed by atoms with Crippen LogP contribution in [0.1, 0.15) is 19.0 Å². The monoisotopic (exact) mass is 212 g/mol. The summed E-state index contributed by atoms with van der Waals surface area (Å²) in [5.41, 5.74) is 2.04. The summed E-state index contributed by atoms with van der Waals surface area (Å²) in [4.78, 5) is 8.37. The average Bonchev–Trinajstić information content (AvgIpc) is 2.52. The highest BCUT2D eigenvalue weighted by atomic mass is 35.5. The third-order valence-corrected chi connectivity index (χ3v) is 2.95. The minimum absolute atomic E-state index is 0.356. The number of halogens is 1. The molecule has 13 heavy (non-hydrogen) atoms. The zero-order chi connectivity index (χ0) is 9.26. The SMILES string of the molecule is CCCc1nc(Cl)nc2ccsc12. The Morgan fingerprint density at radius 1 is 1.46 bits per heavy atom. The van der Waals surface area contributed by atoms with E-state index in [-0.39, 0.29) is 0 Å². The maximum absolute atomic E-state index is 5.80. The molecule has 0 N–H and O–H groups in total. The van der Waals surface area contributed by atoms with Crippen LogP contribution in [0.25, 0.3) is 10.2 Å². The molecular formula is C9H9ClN2S. The largest absolute Gasteiger partial charge is 0.223 e. The van der Waals surface area contributed by atoms with Crippen molar-refractivity contribution in [1.29, 1.82) is 0 Å². The summed E-state index contributed by atoms with van der Waals surface area (Å²) in [5.74, 6) is 0. The number of aromatic nitrogens is 2. The first-order valence-corrected chi connectivity index (χ1v) is 5.46.